The molecule has 1 aliphatic carbocycles. The van der Waals surface area contributed by atoms with Crippen molar-refractivity contribution in [3.05, 3.63) is 134 Å². The molecule has 2 fully saturated rings. The summed E-state index contributed by atoms with van der Waals surface area (Å²) in [5, 5.41) is 39.7. The number of imidazole rings is 1. The summed E-state index contributed by atoms with van der Waals surface area (Å²) < 4.78 is 29.7. The highest BCUT2D eigenvalue weighted by Crippen LogP contribution is 2.40. The van der Waals surface area contributed by atoms with Gasteiger partial charge in [-0.15, -0.1) is 21.5 Å². The highest BCUT2D eigenvalue weighted by Gasteiger charge is 2.47. The number of rotatable bonds is 16. The third kappa shape index (κ3) is 9.94. The van der Waals surface area contributed by atoms with Crippen molar-refractivity contribution in [3.63, 3.8) is 0 Å². The van der Waals surface area contributed by atoms with Gasteiger partial charge < -0.3 is 50.3 Å². The van der Waals surface area contributed by atoms with Gasteiger partial charge in [0.1, 0.15) is 40.3 Å². The maximum Gasteiger partial charge on any atom is 0.287 e. The summed E-state index contributed by atoms with van der Waals surface area (Å²) in [5.41, 5.74) is 7.42. The maximum atomic E-state index is 14.4. The number of halogens is 1. The number of furan rings is 1. The summed E-state index contributed by atoms with van der Waals surface area (Å²) >= 11 is 7.91. The van der Waals surface area contributed by atoms with Gasteiger partial charge in [-0.05, 0) is 89.1 Å². The molecule has 10 rings (SSSR count). The predicted octanol–water partition coefficient (Wildman–Crippen LogP) is 6.00. The number of nitrogens with zero attached hydrogens (tertiary/aromatic N) is 6. The van der Waals surface area contributed by atoms with Crippen LogP contribution in [0.3, 0.4) is 0 Å². The number of aromatic nitrogens is 5. The Kier molecular flexibility index (Phi) is 12.8. The molecule has 19 nitrogen and oxygen atoms in total. The monoisotopic (exact) mass is 1040 g/mol. The summed E-state index contributed by atoms with van der Waals surface area (Å²) in [7, 11) is 0. The number of aryl methyl sites for hydroxylation is 3. The van der Waals surface area contributed by atoms with Gasteiger partial charge in [-0.2, -0.15) is 0 Å². The summed E-state index contributed by atoms with van der Waals surface area (Å²) in [4.78, 5) is 70.7. The number of aliphatic hydroxyl groups is 3. The molecule has 1 saturated carbocycles. The number of fused-ring (bicyclic) bond motifs is 4. The molecule has 1 unspecified atom stereocenters. The fraction of sp³-hybridized carbons (Fsp3) is 0.358. The minimum Gasteiger partial charge on any atom is -0.490 e. The average Bonchev–Trinajstić information content (AvgIpc) is 4.30. The van der Waals surface area contributed by atoms with E-state index in [4.69, 9.17) is 38.8 Å². The zero-order valence-corrected chi connectivity index (χ0v) is 42.8. The number of carbonyl (C=O) groups excluding carboxylic acids is 4. The van der Waals surface area contributed by atoms with E-state index in [1.807, 2.05) is 66.9 Å². The van der Waals surface area contributed by atoms with Gasteiger partial charge in [0.2, 0.25) is 14.7 Å². The van der Waals surface area contributed by atoms with Crippen molar-refractivity contribution in [1.29, 1.82) is 2.86 Å². The Balaban J connectivity index is 0.770. The zero-order valence-electron chi connectivity index (χ0n) is 43.3. The molecular weight excluding hydrogens is 988 g/mol. The van der Waals surface area contributed by atoms with Crippen molar-refractivity contribution in [2.75, 3.05) is 6.54 Å². The lowest BCUT2D eigenvalue weighted by Gasteiger charge is -2.36. The molecule has 3 aromatic carbocycles. The lowest BCUT2D eigenvalue weighted by Crippen LogP contribution is -2.61. The van der Waals surface area contributed by atoms with Crippen LogP contribution in [-0.4, -0.2) is 120 Å². The Bertz CT molecular complexity index is 3390. The van der Waals surface area contributed by atoms with E-state index in [0.717, 1.165) is 66.6 Å². The number of thiophene rings is 1. The number of carbonyl (C=O) groups is 4. The Morgan fingerprint density at radius 2 is 1.73 bits per heavy atom. The van der Waals surface area contributed by atoms with Crippen molar-refractivity contribution < 1.29 is 43.7 Å². The molecule has 2 aliphatic heterocycles. The minimum atomic E-state index is -2.37. The van der Waals surface area contributed by atoms with Gasteiger partial charge in [0.05, 0.1) is 36.3 Å². The number of likely N-dealkylation sites (tertiary alicyclic amines) is 1. The molecule has 0 spiro atoms. The number of amides is 4. The van der Waals surface area contributed by atoms with Gasteiger partial charge in [0, 0.05) is 69.5 Å². The molecule has 4 aromatic heterocycles. The van der Waals surface area contributed by atoms with E-state index in [9.17, 15) is 24.3 Å². The lowest BCUT2D eigenvalue weighted by atomic mass is 9.89. The fourth-order valence-electron chi connectivity index (χ4n) is 9.84. The number of benzene rings is 3. The number of hydrogen-bond donors (Lipinski definition) is 7. The van der Waals surface area contributed by atoms with Crippen LogP contribution in [0.5, 0.6) is 5.75 Å². The number of ether oxygens (including phenoxy) is 1. The lowest BCUT2D eigenvalue weighted by molar-refractivity contribution is -0.181. The van der Waals surface area contributed by atoms with E-state index >= 15 is 0 Å². The second kappa shape index (κ2) is 19.9. The summed E-state index contributed by atoms with van der Waals surface area (Å²) in [6, 6.07) is 17.2. The number of H-pyrrole nitrogens is 1. The molecule has 4 amide bonds. The summed E-state index contributed by atoms with van der Waals surface area (Å²) in [6.45, 7) is 10.6. The van der Waals surface area contributed by atoms with E-state index < -0.39 is 53.8 Å². The average molecular weight is 1050 g/mol. The third-order valence-corrected chi connectivity index (χ3v) is 15.4. The Labute approximate surface area is 437 Å². The van der Waals surface area contributed by atoms with E-state index in [1.54, 1.807) is 42.8 Å². The predicted molar refractivity (Wildman–Crippen MR) is 275 cm³/mol. The second-order valence-corrected chi connectivity index (χ2v) is 21.1. The van der Waals surface area contributed by atoms with Crippen molar-refractivity contribution in [3.8, 4) is 22.0 Å². The van der Waals surface area contributed by atoms with Crippen LogP contribution in [0.15, 0.2) is 88.5 Å². The van der Waals surface area contributed by atoms with Crippen LogP contribution < -0.4 is 20.7 Å². The van der Waals surface area contributed by atoms with Gasteiger partial charge >= 0.3 is 0 Å². The highest BCUT2D eigenvalue weighted by atomic mass is 35.5. The van der Waals surface area contributed by atoms with Crippen LogP contribution in [0.1, 0.15) is 107 Å². The molecule has 74 heavy (non-hydrogen) atoms. The summed E-state index contributed by atoms with van der Waals surface area (Å²) in [6.07, 6.45) is 1.30. The van der Waals surface area contributed by atoms with E-state index in [-0.39, 0.29) is 43.2 Å². The van der Waals surface area contributed by atoms with Crippen LogP contribution in [-0.2, 0) is 14.4 Å². The number of nitrogens with one attached hydrogen (secondary N) is 4. The molecule has 6 heterocycles. The largest absolute Gasteiger partial charge is 0.490 e. The standard InChI is InChI=1S/C53H55ClN10O9S/c1-25-28(4)74-52-44(25)46(32-11-13-34(54)14-12-32)59-39(48-62-61-29(5)64(48)52)22-43(66)58-35-19-38(20-35)72-37-15-16-41-33(17-37)18-42(73-41)50(68)60-47(53(6,70)71)51(69)63-23-36(65)21-40(63)49(67)57-26(2)30-7-9-31(10-8-30)45-27(3)55-24-56-45/h7-18,24,26,35-36,38-40,47,65,70-71H,19-23H2,1-6H3,(H,55,56)(H,57,67)(H,58,66)(H,60,68)/t26-,35?,36+,38?,39-,40-,47?/m0/s1/i70D,71D. The van der Waals surface area contributed by atoms with Crippen LogP contribution in [0, 0.1) is 27.7 Å². The van der Waals surface area contributed by atoms with Crippen LogP contribution in [0.2, 0.25) is 5.02 Å². The molecular formula is C53H55ClN10O9S. The molecule has 0 bridgehead atoms. The molecule has 0 radical (unpaired) electrons. The fourth-order valence-corrected chi connectivity index (χ4v) is 11.2. The molecule has 3 aliphatic rings. The minimum absolute atomic E-state index is 0.0424. The first-order valence-electron chi connectivity index (χ1n) is 25.1. The first kappa shape index (κ1) is 47.8. The Hall–Kier alpha value is -7.23. The topological polar surface area (TPSA) is 262 Å². The number of aliphatic imine (C=N–C) groups is 1. The molecule has 384 valence electrons. The van der Waals surface area contributed by atoms with Gasteiger partial charge in [-0.1, -0.05) is 48.0 Å². The van der Waals surface area contributed by atoms with Gasteiger partial charge in [0.25, 0.3) is 11.8 Å². The van der Waals surface area contributed by atoms with Crippen molar-refractivity contribution in [1.82, 2.24) is 45.6 Å². The number of aliphatic hydroxyl groups excluding tert-OH is 1. The zero-order chi connectivity index (χ0) is 53.7. The van der Waals surface area contributed by atoms with E-state index in [2.05, 4.69) is 50.0 Å². The number of aromatic amines is 1. The van der Waals surface area contributed by atoms with Gasteiger partial charge in [-0.3, -0.25) is 28.7 Å². The normalized spacial score (nSPS) is 20.5. The van der Waals surface area contributed by atoms with E-state index in [0.29, 0.717) is 46.2 Å². The van der Waals surface area contributed by atoms with E-state index in [1.165, 1.54) is 6.07 Å². The first-order chi connectivity index (χ1) is 36.4. The number of hydrogen-bond acceptors (Lipinski definition) is 14. The molecule has 1 saturated heterocycles. The SMILES string of the molecule is [2H]OC(C)(O[2H])C(NC(=O)c1cc2cc(OC3CC(NC(=O)C[C@@H]4N=C(c5ccc(Cl)cc5)c5c(sc(C)c5C)-n5c(C)nnc54)C3)ccc2o1)C(=O)N1C[C@H](O)C[C@H]1C(=O)N[C@@H](C)c1ccc(-c2nc[nH]c2C)cc1. The van der Waals surface area contributed by atoms with Crippen LogP contribution in [0.4, 0.5) is 0 Å². The van der Waals surface area contributed by atoms with Gasteiger partial charge in [0.15, 0.2) is 23.4 Å². The van der Waals surface area contributed by atoms with Gasteiger partial charge in [-0.25, -0.2) is 4.98 Å². The van der Waals surface area contributed by atoms with Crippen molar-refractivity contribution >= 4 is 63.2 Å². The highest BCUT2D eigenvalue weighted by molar-refractivity contribution is 7.15. The molecule has 21 heteroatoms. The molecule has 7 aromatic rings. The second-order valence-electron chi connectivity index (χ2n) is 19.4. The maximum absolute atomic E-state index is 14.4. The Morgan fingerprint density at radius 3 is 2.45 bits per heavy atom. The van der Waals surface area contributed by atoms with Crippen molar-refractivity contribution in [2.45, 2.75) is 115 Å². The van der Waals surface area contributed by atoms with Crippen LogP contribution >= 0.6 is 22.9 Å². The molecule has 7 N–H and O–H groups in total. The first-order valence-corrected chi connectivity index (χ1v) is 25.5. The van der Waals surface area contributed by atoms with Crippen LogP contribution in [0.25, 0.3) is 27.2 Å². The smallest absolute Gasteiger partial charge is 0.287 e. The number of β-amino-alcohol motifs (C(OH)–C–C–N with tert-alkyl or cyclic N) is 1. The Morgan fingerprint density at radius 1 is 0.986 bits per heavy atom. The van der Waals surface area contributed by atoms with Crippen molar-refractivity contribution in [2.24, 2.45) is 4.99 Å². The third-order valence-electron chi connectivity index (χ3n) is 14.0. The summed E-state index contributed by atoms with van der Waals surface area (Å²) in [5.74, 6) is -3.43. The quantitative estimate of drug-likeness (QED) is 0.0550. The molecule has 5 atom stereocenters.